The van der Waals surface area contributed by atoms with Gasteiger partial charge in [0.1, 0.15) is 5.78 Å². The molecule has 1 unspecified atom stereocenters. The Labute approximate surface area is 79.4 Å². The van der Waals surface area contributed by atoms with Crippen molar-refractivity contribution in [2.45, 2.75) is 20.3 Å². The number of aliphatic hydroxyl groups is 1. The molecule has 0 aliphatic rings. The molecule has 0 saturated heterocycles. The SMILES string of the molecule is CCC(CO)C(C)=O.[H-].[Na+]. The van der Waals surface area contributed by atoms with Gasteiger partial charge in [0, 0.05) is 5.92 Å². The van der Waals surface area contributed by atoms with Gasteiger partial charge in [-0.2, -0.15) is 0 Å². The van der Waals surface area contributed by atoms with Crippen molar-refractivity contribution in [3.63, 3.8) is 0 Å². The van der Waals surface area contributed by atoms with Crippen LogP contribution in [0.2, 0.25) is 0 Å². The topological polar surface area (TPSA) is 37.3 Å². The van der Waals surface area contributed by atoms with E-state index in [4.69, 9.17) is 5.11 Å². The summed E-state index contributed by atoms with van der Waals surface area (Å²) in [7, 11) is 0. The Kier molecular flexibility index (Phi) is 9.23. The van der Waals surface area contributed by atoms with Gasteiger partial charge in [-0.25, -0.2) is 0 Å². The number of ketones is 1. The number of hydrogen-bond donors (Lipinski definition) is 1. The van der Waals surface area contributed by atoms with Gasteiger partial charge in [0.15, 0.2) is 0 Å². The summed E-state index contributed by atoms with van der Waals surface area (Å²) < 4.78 is 0. The van der Waals surface area contributed by atoms with E-state index in [2.05, 4.69) is 0 Å². The Hall–Kier alpha value is 0.630. The zero-order chi connectivity index (χ0) is 6.57. The molecule has 2 nitrogen and oxygen atoms in total. The fraction of sp³-hybridized carbons (Fsp3) is 0.833. The zero-order valence-corrected chi connectivity index (χ0v) is 8.35. The Morgan fingerprint density at radius 3 is 2.22 bits per heavy atom. The van der Waals surface area contributed by atoms with Crippen LogP contribution in [0.5, 0.6) is 0 Å². The molecule has 0 rings (SSSR count). The minimum atomic E-state index is -0.130. The van der Waals surface area contributed by atoms with Gasteiger partial charge in [-0.05, 0) is 13.3 Å². The fourth-order valence-corrected chi connectivity index (χ4v) is 0.545. The molecule has 50 valence electrons. The third-order valence-corrected chi connectivity index (χ3v) is 1.29. The van der Waals surface area contributed by atoms with E-state index in [9.17, 15) is 4.79 Å². The molecule has 0 aromatic rings. The minimum absolute atomic E-state index is 0. The van der Waals surface area contributed by atoms with Crippen molar-refractivity contribution < 1.29 is 40.9 Å². The van der Waals surface area contributed by atoms with E-state index in [0.717, 1.165) is 6.42 Å². The second-order valence-corrected chi connectivity index (χ2v) is 1.90. The number of hydrogen-bond acceptors (Lipinski definition) is 2. The molecule has 0 radical (unpaired) electrons. The molecule has 0 bridgehead atoms. The summed E-state index contributed by atoms with van der Waals surface area (Å²) in [6, 6.07) is 0. The van der Waals surface area contributed by atoms with Gasteiger partial charge in [0.25, 0.3) is 0 Å². The maximum atomic E-state index is 10.4. The van der Waals surface area contributed by atoms with Gasteiger partial charge in [0.2, 0.25) is 0 Å². The van der Waals surface area contributed by atoms with Crippen molar-refractivity contribution in [3.05, 3.63) is 0 Å². The normalized spacial score (nSPS) is 11.9. The van der Waals surface area contributed by atoms with Crippen LogP contribution in [0, 0.1) is 5.92 Å². The van der Waals surface area contributed by atoms with E-state index in [0.29, 0.717) is 0 Å². The monoisotopic (exact) mass is 140 g/mol. The number of rotatable bonds is 3. The third-order valence-electron chi connectivity index (χ3n) is 1.29. The van der Waals surface area contributed by atoms with Gasteiger partial charge in [0.05, 0.1) is 6.61 Å². The van der Waals surface area contributed by atoms with Crippen molar-refractivity contribution >= 4 is 5.78 Å². The zero-order valence-electron chi connectivity index (χ0n) is 7.35. The average Bonchev–Trinajstić information content (AvgIpc) is 1.69. The smallest absolute Gasteiger partial charge is 1.00 e. The van der Waals surface area contributed by atoms with Crippen LogP contribution in [0.4, 0.5) is 0 Å². The molecule has 1 N–H and O–H groups in total. The first kappa shape index (κ1) is 12.3. The van der Waals surface area contributed by atoms with Crippen molar-refractivity contribution in [1.82, 2.24) is 0 Å². The first-order valence-corrected chi connectivity index (χ1v) is 2.83. The van der Waals surface area contributed by atoms with Crippen molar-refractivity contribution in [3.8, 4) is 0 Å². The Bertz CT molecular complexity index is 83.8. The largest absolute Gasteiger partial charge is 1.00 e. The van der Waals surface area contributed by atoms with Crippen LogP contribution < -0.4 is 29.6 Å². The average molecular weight is 140 g/mol. The Morgan fingerprint density at radius 2 is 2.22 bits per heavy atom. The van der Waals surface area contributed by atoms with Gasteiger partial charge >= 0.3 is 29.6 Å². The molecular weight excluding hydrogens is 127 g/mol. The van der Waals surface area contributed by atoms with E-state index in [1.807, 2.05) is 6.92 Å². The molecule has 0 aliphatic carbocycles. The van der Waals surface area contributed by atoms with Crippen LogP contribution in [0.3, 0.4) is 0 Å². The molecule has 0 saturated carbocycles. The molecule has 0 fully saturated rings. The summed E-state index contributed by atoms with van der Waals surface area (Å²) in [5.74, 6) is -0.0509. The first-order chi connectivity index (χ1) is 3.72. The van der Waals surface area contributed by atoms with Crippen molar-refractivity contribution in [1.29, 1.82) is 0 Å². The van der Waals surface area contributed by atoms with E-state index < -0.39 is 0 Å². The first-order valence-electron chi connectivity index (χ1n) is 2.83. The standard InChI is InChI=1S/C6H12O2.Na.H/c1-3-6(4-7)5(2)8;;/h6-7H,3-4H2,1-2H3;;/q;+1;-1. The number of carbonyl (C=O) groups is 1. The second kappa shape index (κ2) is 6.75. The van der Waals surface area contributed by atoms with E-state index in [-0.39, 0.29) is 49.3 Å². The maximum absolute atomic E-state index is 10.4. The molecule has 0 aliphatic heterocycles. The van der Waals surface area contributed by atoms with Gasteiger partial charge in [-0.3, -0.25) is 4.79 Å². The van der Waals surface area contributed by atoms with Crippen molar-refractivity contribution in [2.75, 3.05) is 6.61 Å². The molecule has 9 heavy (non-hydrogen) atoms. The number of carbonyl (C=O) groups excluding carboxylic acids is 1. The molecule has 0 aromatic carbocycles. The van der Waals surface area contributed by atoms with Gasteiger partial charge in [-0.15, -0.1) is 0 Å². The second-order valence-electron chi connectivity index (χ2n) is 1.90. The van der Waals surface area contributed by atoms with Gasteiger partial charge in [-0.1, -0.05) is 6.92 Å². The van der Waals surface area contributed by atoms with E-state index in [1.54, 1.807) is 0 Å². The molecular formula is C6H13NaO2. The maximum Gasteiger partial charge on any atom is 1.00 e. The Morgan fingerprint density at radius 1 is 1.78 bits per heavy atom. The molecule has 0 amide bonds. The van der Waals surface area contributed by atoms with Crippen LogP contribution in [0.1, 0.15) is 21.7 Å². The van der Waals surface area contributed by atoms with Crippen LogP contribution in [-0.2, 0) is 4.79 Å². The summed E-state index contributed by atoms with van der Waals surface area (Å²) in [6.07, 6.45) is 0.742. The third kappa shape index (κ3) is 5.09. The molecule has 0 aromatic heterocycles. The predicted molar refractivity (Wildman–Crippen MR) is 32.7 cm³/mol. The number of aliphatic hydroxyl groups excluding tert-OH is 1. The van der Waals surface area contributed by atoms with Crippen LogP contribution in [0.15, 0.2) is 0 Å². The summed E-state index contributed by atoms with van der Waals surface area (Å²) in [5, 5.41) is 8.48. The van der Waals surface area contributed by atoms with Crippen molar-refractivity contribution in [2.24, 2.45) is 5.92 Å². The van der Waals surface area contributed by atoms with Crippen LogP contribution >= 0.6 is 0 Å². The van der Waals surface area contributed by atoms with Gasteiger partial charge < -0.3 is 6.53 Å². The number of Topliss-reactive ketones (excluding diaryl/α,β-unsaturated/α-hetero) is 1. The molecule has 3 heteroatoms. The molecule has 0 spiro atoms. The van der Waals surface area contributed by atoms with E-state index >= 15 is 0 Å². The molecule has 1 atom stereocenters. The van der Waals surface area contributed by atoms with Crippen LogP contribution in [-0.4, -0.2) is 17.5 Å². The van der Waals surface area contributed by atoms with Crippen LogP contribution in [0.25, 0.3) is 0 Å². The Balaban J connectivity index is -0.000000245. The summed E-state index contributed by atoms with van der Waals surface area (Å²) in [5.41, 5.74) is 0. The molecule has 0 heterocycles. The predicted octanol–water partition coefficient (Wildman–Crippen LogP) is -2.29. The summed E-state index contributed by atoms with van der Waals surface area (Å²) in [4.78, 5) is 10.4. The fourth-order valence-electron chi connectivity index (χ4n) is 0.545. The minimum Gasteiger partial charge on any atom is -1.00 e. The van der Waals surface area contributed by atoms with E-state index in [1.165, 1.54) is 6.92 Å². The summed E-state index contributed by atoms with van der Waals surface area (Å²) >= 11 is 0. The summed E-state index contributed by atoms with van der Waals surface area (Å²) in [6.45, 7) is 3.39. The quantitative estimate of drug-likeness (QED) is 0.448.